The van der Waals surface area contributed by atoms with Gasteiger partial charge < -0.3 is 4.42 Å². The van der Waals surface area contributed by atoms with Gasteiger partial charge in [-0.05, 0) is 18.6 Å². The van der Waals surface area contributed by atoms with Crippen LogP contribution in [-0.4, -0.2) is 7.85 Å². The first-order valence-corrected chi connectivity index (χ1v) is 2.10. The summed E-state index contributed by atoms with van der Waals surface area (Å²) in [6, 6.07) is 1.83. The zero-order valence-corrected chi connectivity index (χ0v) is 4.14. The molecule has 0 saturated heterocycles. The van der Waals surface area contributed by atoms with Crippen LogP contribution in [0.4, 0.5) is 0 Å². The van der Waals surface area contributed by atoms with Gasteiger partial charge in [-0.1, -0.05) is 0 Å². The van der Waals surface area contributed by atoms with Gasteiger partial charge in [-0.3, -0.25) is 0 Å². The maximum atomic E-state index is 5.27. The number of hydrogen-bond donors (Lipinski definition) is 0. The van der Waals surface area contributed by atoms with E-state index in [-0.39, 0.29) is 0 Å². The summed E-state index contributed by atoms with van der Waals surface area (Å²) >= 11 is 0. The van der Waals surface area contributed by atoms with E-state index < -0.39 is 0 Å². The van der Waals surface area contributed by atoms with E-state index in [9.17, 15) is 0 Å². The minimum absolute atomic E-state index is 0.514. The molecular weight excluding hydrogens is 86.9 g/mol. The molecule has 2 radical (unpaired) electrons. The fourth-order valence-corrected chi connectivity index (χ4v) is 0.384. The van der Waals surface area contributed by atoms with Gasteiger partial charge in [0.1, 0.15) is 0 Å². The van der Waals surface area contributed by atoms with E-state index in [0.717, 1.165) is 5.56 Å². The van der Waals surface area contributed by atoms with Crippen molar-refractivity contribution in [2.24, 2.45) is 0 Å². The minimum Gasteiger partial charge on any atom is -0.481 e. The van der Waals surface area contributed by atoms with E-state index in [1.165, 1.54) is 0 Å². The molecule has 0 aliphatic rings. The molecular formula is C5H5BO. The van der Waals surface area contributed by atoms with E-state index in [1.54, 1.807) is 6.26 Å². The third kappa shape index (κ3) is 0.685. The van der Waals surface area contributed by atoms with Crippen LogP contribution < -0.4 is 5.66 Å². The Labute approximate surface area is 43.7 Å². The molecule has 7 heavy (non-hydrogen) atoms. The van der Waals surface area contributed by atoms with E-state index in [0.29, 0.717) is 5.66 Å². The van der Waals surface area contributed by atoms with Crippen LogP contribution in [-0.2, 0) is 0 Å². The lowest BCUT2D eigenvalue weighted by Gasteiger charge is -1.79. The Hall–Kier alpha value is -0.655. The number of aryl methyl sites for hydroxylation is 1. The average molecular weight is 91.9 g/mol. The van der Waals surface area contributed by atoms with E-state index >= 15 is 0 Å². The van der Waals surface area contributed by atoms with Gasteiger partial charge in [-0.25, -0.2) is 0 Å². The molecule has 0 unspecified atom stereocenters. The molecule has 0 aromatic carbocycles. The van der Waals surface area contributed by atoms with Gasteiger partial charge in [0, 0.05) is 5.66 Å². The molecule has 0 saturated carbocycles. The molecule has 0 bridgehead atoms. The topological polar surface area (TPSA) is 13.1 Å². The van der Waals surface area contributed by atoms with Crippen molar-refractivity contribution in [1.82, 2.24) is 0 Å². The largest absolute Gasteiger partial charge is 0.481 e. The summed E-state index contributed by atoms with van der Waals surface area (Å²) in [6.07, 6.45) is 1.57. The summed E-state index contributed by atoms with van der Waals surface area (Å²) in [5.41, 5.74) is 1.51. The number of rotatable bonds is 0. The Bertz CT molecular complexity index is 140. The monoisotopic (exact) mass is 92.0 g/mol. The molecule has 0 fully saturated rings. The second kappa shape index (κ2) is 1.45. The van der Waals surface area contributed by atoms with E-state index in [4.69, 9.17) is 12.3 Å². The van der Waals surface area contributed by atoms with Crippen LogP contribution in [0.5, 0.6) is 0 Å². The zero-order valence-electron chi connectivity index (χ0n) is 4.14. The van der Waals surface area contributed by atoms with Gasteiger partial charge in [-0.15, -0.1) is 0 Å². The van der Waals surface area contributed by atoms with Gasteiger partial charge in [-0.2, -0.15) is 0 Å². The molecule has 2 heteroatoms. The molecule has 1 aromatic rings. The average Bonchev–Trinajstić information content (AvgIpc) is 1.91. The van der Waals surface area contributed by atoms with Crippen molar-refractivity contribution in [2.75, 3.05) is 0 Å². The fourth-order valence-electron chi connectivity index (χ4n) is 0.384. The van der Waals surface area contributed by atoms with Gasteiger partial charge in [0.05, 0.1) is 6.26 Å². The van der Waals surface area contributed by atoms with Crippen molar-refractivity contribution in [1.29, 1.82) is 0 Å². The van der Waals surface area contributed by atoms with Crippen LogP contribution in [0.2, 0.25) is 0 Å². The molecule has 0 spiro atoms. The van der Waals surface area contributed by atoms with Crippen molar-refractivity contribution < 1.29 is 4.42 Å². The summed E-state index contributed by atoms with van der Waals surface area (Å²) in [6.45, 7) is 1.90. The maximum Gasteiger partial charge on any atom is 0.168 e. The van der Waals surface area contributed by atoms with E-state index in [1.807, 2.05) is 13.0 Å². The van der Waals surface area contributed by atoms with Crippen LogP contribution >= 0.6 is 0 Å². The molecule has 0 N–H and O–H groups in total. The van der Waals surface area contributed by atoms with Gasteiger partial charge in [0.25, 0.3) is 0 Å². The van der Waals surface area contributed by atoms with Crippen LogP contribution in [0.15, 0.2) is 16.7 Å². The van der Waals surface area contributed by atoms with Gasteiger partial charge >= 0.3 is 0 Å². The second-order valence-electron chi connectivity index (χ2n) is 1.47. The molecule has 1 aromatic heterocycles. The molecule has 1 rings (SSSR count). The first kappa shape index (κ1) is 4.50. The Morgan fingerprint density at radius 2 is 2.43 bits per heavy atom. The van der Waals surface area contributed by atoms with Crippen LogP contribution in [0.1, 0.15) is 5.56 Å². The highest BCUT2D eigenvalue weighted by molar-refractivity contribution is 6.30. The van der Waals surface area contributed by atoms with Gasteiger partial charge in [0.2, 0.25) is 0 Å². The summed E-state index contributed by atoms with van der Waals surface area (Å²) in [5.74, 6) is 0. The Balaban J connectivity index is 3.12. The van der Waals surface area contributed by atoms with Gasteiger partial charge in [0.15, 0.2) is 7.85 Å². The molecule has 1 heterocycles. The second-order valence-corrected chi connectivity index (χ2v) is 1.47. The van der Waals surface area contributed by atoms with Crippen molar-refractivity contribution in [2.45, 2.75) is 6.92 Å². The first-order chi connectivity index (χ1) is 3.30. The highest BCUT2D eigenvalue weighted by atomic mass is 16.3. The maximum absolute atomic E-state index is 5.27. The smallest absolute Gasteiger partial charge is 0.168 e. The van der Waals surface area contributed by atoms with Crippen molar-refractivity contribution in [3.8, 4) is 0 Å². The molecule has 0 aliphatic carbocycles. The summed E-state index contributed by atoms with van der Waals surface area (Å²) in [7, 11) is 5.27. The Kier molecular flexibility index (Phi) is 0.932. The molecule has 34 valence electrons. The third-order valence-electron chi connectivity index (χ3n) is 0.902. The third-order valence-corrected chi connectivity index (χ3v) is 0.902. The normalized spacial score (nSPS) is 9.29. The molecule has 1 nitrogen and oxygen atoms in total. The van der Waals surface area contributed by atoms with Crippen LogP contribution in [0.25, 0.3) is 0 Å². The van der Waals surface area contributed by atoms with Crippen LogP contribution in [0, 0.1) is 6.92 Å². The lowest BCUT2D eigenvalue weighted by atomic mass is 10.0. The predicted molar refractivity (Wildman–Crippen MR) is 28.8 cm³/mol. The van der Waals surface area contributed by atoms with Crippen molar-refractivity contribution >= 4 is 13.5 Å². The Morgan fingerprint density at radius 3 is 2.57 bits per heavy atom. The number of hydrogen-bond acceptors (Lipinski definition) is 1. The van der Waals surface area contributed by atoms with Crippen molar-refractivity contribution in [3.63, 3.8) is 0 Å². The lowest BCUT2D eigenvalue weighted by Crippen LogP contribution is -1.99. The SMILES string of the molecule is [B]c1occc1C. The minimum atomic E-state index is 0.514. The van der Waals surface area contributed by atoms with Crippen LogP contribution in [0.3, 0.4) is 0 Å². The predicted octanol–water partition coefficient (Wildman–Crippen LogP) is 0.382. The zero-order chi connectivity index (χ0) is 5.28. The first-order valence-electron chi connectivity index (χ1n) is 2.10. The summed E-state index contributed by atoms with van der Waals surface area (Å²) in [4.78, 5) is 0. The van der Waals surface area contributed by atoms with E-state index in [2.05, 4.69) is 0 Å². The molecule has 0 aliphatic heterocycles. The fraction of sp³-hybridized carbons (Fsp3) is 0.200. The Morgan fingerprint density at radius 1 is 1.71 bits per heavy atom. The van der Waals surface area contributed by atoms with Crippen molar-refractivity contribution in [3.05, 3.63) is 17.9 Å². The number of furan rings is 1. The quantitative estimate of drug-likeness (QED) is 0.421. The highest BCUT2D eigenvalue weighted by Gasteiger charge is 1.88. The molecule has 0 atom stereocenters. The summed E-state index contributed by atoms with van der Waals surface area (Å²) in [5, 5.41) is 0. The standard InChI is InChI=1S/C5H5BO/c1-4-2-3-7-5(4)6/h2-3H,1H3. The molecule has 0 amide bonds. The summed E-state index contributed by atoms with van der Waals surface area (Å²) < 4.78 is 4.74. The highest BCUT2D eigenvalue weighted by Crippen LogP contribution is 1.89. The lowest BCUT2D eigenvalue weighted by molar-refractivity contribution is 0.601.